The number of fused-ring (bicyclic) bond motifs is 1. The summed E-state index contributed by atoms with van der Waals surface area (Å²) in [7, 11) is 2.19. The third kappa shape index (κ3) is 4.04. The van der Waals surface area contributed by atoms with Crippen LogP contribution in [0.4, 0.5) is 10.1 Å². The summed E-state index contributed by atoms with van der Waals surface area (Å²) in [5.74, 6) is -1.28. The molecular weight excluding hydrogens is 433 g/mol. The maximum atomic E-state index is 13.6. The minimum atomic E-state index is -1.06. The number of pyridine rings is 1. The summed E-state index contributed by atoms with van der Waals surface area (Å²) >= 11 is 0. The first kappa shape index (κ1) is 22.8. The van der Waals surface area contributed by atoms with Crippen LogP contribution in [-0.4, -0.2) is 64.0 Å². The van der Waals surface area contributed by atoms with E-state index >= 15 is 0 Å². The van der Waals surface area contributed by atoms with Gasteiger partial charge in [0, 0.05) is 13.1 Å². The molecule has 0 amide bonds. The Labute approximate surface area is 199 Å². The van der Waals surface area contributed by atoms with Crippen molar-refractivity contribution in [3.63, 3.8) is 0 Å². The SMILES string of the molecule is CC(C)c1nn(-c2ccc(F)cc2)c2nc(C(=O)O)cc(N3CCC4(CCN(C)CC4)CC3)c12. The number of carboxylic acids is 1. The van der Waals surface area contributed by atoms with Gasteiger partial charge in [-0.25, -0.2) is 18.9 Å². The molecule has 0 aliphatic carbocycles. The van der Waals surface area contributed by atoms with Gasteiger partial charge in [0.15, 0.2) is 11.3 Å². The van der Waals surface area contributed by atoms with E-state index in [0.29, 0.717) is 16.7 Å². The Morgan fingerprint density at radius 2 is 1.68 bits per heavy atom. The average molecular weight is 466 g/mol. The van der Waals surface area contributed by atoms with Gasteiger partial charge in [-0.3, -0.25) is 0 Å². The van der Waals surface area contributed by atoms with E-state index in [1.165, 1.54) is 25.0 Å². The molecule has 2 aliphatic heterocycles. The highest BCUT2D eigenvalue weighted by atomic mass is 19.1. The zero-order chi connectivity index (χ0) is 24.0. The van der Waals surface area contributed by atoms with Crippen molar-refractivity contribution >= 4 is 22.7 Å². The van der Waals surface area contributed by atoms with Gasteiger partial charge >= 0.3 is 5.97 Å². The quantitative estimate of drug-likeness (QED) is 0.602. The maximum Gasteiger partial charge on any atom is 0.354 e. The largest absolute Gasteiger partial charge is 0.477 e. The van der Waals surface area contributed by atoms with Crippen LogP contribution in [0.3, 0.4) is 0 Å². The van der Waals surface area contributed by atoms with Gasteiger partial charge in [-0.15, -0.1) is 0 Å². The van der Waals surface area contributed by atoms with Gasteiger partial charge in [0.05, 0.1) is 22.5 Å². The monoisotopic (exact) mass is 465 g/mol. The van der Waals surface area contributed by atoms with Crippen LogP contribution < -0.4 is 4.90 Å². The fraction of sp³-hybridized carbons (Fsp3) is 0.500. The molecule has 2 aromatic heterocycles. The van der Waals surface area contributed by atoms with Crippen molar-refractivity contribution in [2.75, 3.05) is 38.1 Å². The predicted molar refractivity (Wildman–Crippen MR) is 130 cm³/mol. The van der Waals surface area contributed by atoms with Crippen molar-refractivity contribution in [1.82, 2.24) is 19.7 Å². The molecular formula is C26H32FN5O2. The molecule has 0 unspecified atom stereocenters. The zero-order valence-electron chi connectivity index (χ0n) is 20.1. The molecule has 0 bridgehead atoms. The molecule has 8 heteroatoms. The second-order valence-corrected chi connectivity index (χ2v) is 10.2. The highest BCUT2D eigenvalue weighted by Crippen LogP contribution is 2.43. The second kappa shape index (κ2) is 8.65. The molecule has 0 atom stereocenters. The molecule has 0 saturated carbocycles. The van der Waals surface area contributed by atoms with Crippen molar-refractivity contribution in [2.24, 2.45) is 5.41 Å². The second-order valence-electron chi connectivity index (χ2n) is 10.2. The van der Waals surface area contributed by atoms with Gasteiger partial charge in [0.1, 0.15) is 5.82 Å². The fourth-order valence-electron chi connectivity index (χ4n) is 5.46. The van der Waals surface area contributed by atoms with E-state index in [2.05, 4.69) is 35.7 Å². The summed E-state index contributed by atoms with van der Waals surface area (Å²) in [6, 6.07) is 7.76. The standard InChI is InChI=1S/C26H32FN5O2/c1-17(2)23-22-21(31-14-10-26(11-15-31)8-12-30(3)13-9-26)16-20(25(33)34)28-24(22)32(29-23)19-6-4-18(27)5-7-19/h4-7,16-17H,8-15H2,1-3H3,(H,33,34). The summed E-state index contributed by atoms with van der Waals surface area (Å²) < 4.78 is 15.2. The third-order valence-corrected chi connectivity index (χ3v) is 7.69. The lowest BCUT2D eigenvalue weighted by Crippen LogP contribution is -2.46. The predicted octanol–water partition coefficient (Wildman–Crippen LogP) is 4.69. The van der Waals surface area contributed by atoms with Crippen molar-refractivity contribution in [2.45, 2.75) is 45.4 Å². The minimum Gasteiger partial charge on any atom is -0.477 e. The van der Waals surface area contributed by atoms with Gasteiger partial charge < -0.3 is 14.9 Å². The summed E-state index contributed by atoms with van der Waals surface area (Å²) in [4.78, 5) is 21.2. The smallest absolute Gasteiger partial charge is 0.354 e. The number of nitrogens with zero attached hydrogens (tertiary/aromatic N) is 5. The first-order valence-electron chi connectivity index (χ1n) is 12.1. The van der Waals surface area contributed by atoms with Crippen molar-refractivity contribution in [3.05, 3.63) is 47.5 Å². The number of aromatic carboxylic acids is 1. The van der Waals surface area contributed by atoms with Gasteiger partial charge in [0.25, 0.3) is 0 Å². The third-order valence-electron chi connectivity index (χ3n) is 7.69. The van der Waals surface area contributed by atoms with Gasteiger partial charge in [-0.05, 0) is 87.5 Å². The minimum absolute atomic E-state index is 0.000598. The summed E-state index contributed by atoms with van der Waals surface area (Å²) in [5, 5.41) is 15.6. The Morgan fingerprint density at radius 3 is 2.26 bits per heavy atom. The number of anilines is 1. The lowest BCUT2D eigenvalue weighted by atomic mass is 9.71. The molecule has 180 valence electrons. The molecule has 1 spiro atoms. The summed E-state index contributed by atoms with van der Waals surface area (Å²) in [6.45, 7) is 8.22. The molecule has 0 radical (unpaired) electrons. The highest BCUT2D eigenvalue weighted by Gasteiger charge is 2.37. The van der Waals surface area contributed by atoms with Gasteiger partial charge in [-0.2, -0.15) is 5.10 Å². The summed E-state index contributed by atoms with van der Waals surface area (Å²) in [5.41, 5.74) is 3.32. The van der Waals surface area contributed by atoms with Gasteiger partial charge in [-0.1, -0.05) is 13.8 Å². The number of aromatic nitrogens is 3. The zero-order valence-corrected chi connectivity index (χ0v) is 20.1. The molecule has 34 heavy (non-hydrogen) atoms. The van der Waals surface area contributed by atoms with Crippen LogP contribution in [0.15, 0.2) is 30.3 Å². The van der Waals surface area contributed by atoms with Crippen molar-refractivity contribution in [3.8, 4) is 5.69 Å². The van der Waals surface area contributed by atoms with Crippen LogP contribution in [0.5, 0.6) is 0 Å². The summed E-state index contributed by atoms with van der Waals surface area (Å²) in [6.07, 6.45) is 4.67. The molecule has 1 N–H and O–H groups in total. The number of likely N-dealkylation sites (tertiary alicyclic amines) is 1. The lowest BCUT2D eigenvalue weighted by molar-refractivity contribution is 0.0690. The number of piperidine rings is 2. The number of benzene rings is 1. The Morgan fingerprint density at radius 1 is 1.06 bits per heavy atom. The fourth-order valence-corrected chi connectivity index (χ4v) is 5.46. The van der Waals surface area contributed by atoms with E-state index in [-0.39, 0.29) is 17.4 Å². The topological polar surface area (TPSA) is 74.5 Å². The number of hydrogen-bond acceptors (Lipinski definition) is 5. The Balaban J connectivity index is 1.60. The number of carboxylic acid groups (broad SMARTS) is 1. The molecule has 4 heterocycles. The van der Waals surface area contributed by atoms with E-state index in [1.807, 2.05) is 0 Å². The Bertz CT molecular complexity index is 1200. The van der Waals surface area contributed by atoms with E-state index in [1.54, 1.807) is 22.9 Å². The molecule has 3 aromatic rings. The van der Waals surface area contributed by atoms with E-state index in [0.717, 1.165) is 55.8 Å². The van der Waals surface area contributed by atoms with E-state index < -0.39 is 5.97 Å². The number of rotatable bonds is 4. The molecule has 2 fully saturated rings. The first-order chi connectivity index (χ1) is 16.3. The van der Waals surface area contributed by atoms with Crippen LogP contribution in [0.25, 0.3) is 16.7 Å². The highest BCUT2D eigenvalue weighted by molar-refractivity contribution is 5.98. The molecule has 2 saturated heterocycles. The molecule has 7 nitrogen and oxygen atoms in total. The van der Waals surface area contributed by atoms with Crippen molar-refractivity contribution < 1.29 is 14.3 Å². The Hall–Kier alpha value is -3.00. The van der Waals surface area contributed by atoms with Crippen LogP contribution >= 0.6 is 0 Å². The number of carbonyl (C=O) groups is 1. The van der Waals surface area contributed by atoms with Crippen molar-refractivity contribution in [1.29, 1.82) is 0 Å². The van der Waals surface area contributed by atoms with Crippen LogP contribution in [0.2, 0.25) is 0 Å². The van der Waals surface area contributed by atoms with Gasteiger partial charge in [0.2, 0.25) is 0 Å². The van der Waals surface area contributed by atoms with E-state index in [4.69, 9.17) is 5.10 Å². The maximum absolute atomic E-state index is 13.6. The van der Waals surface area contributed by atoms with Crippen LogP contribution in [0, 0.1) is 11.2 Å². The van der Waals surface area contributed by atoms with Crippen LogP contribution in [-0.2, 0) is 0 Å². The number of halogens is 1. The average Bonchev–Trinajstić information content (AvgIpc) is 3.22. The first-order valence-corrected chi connectivity index (χ1v) is 12.1. The number of hydrogen-bond donors (Lipinski definition) is 1. The van der Waals surface area contributed by atoms with Crippen LogP contribution in [0.1, 0.15) is 61.6 Å². The normalized spacial score (nSPS) is 18.8. The Kier molecular flexibility index (Phi) is 5.80. The van der Waals surface area contributed by atoms with E-state index in [9.17, 15) is 14.3 Å². The molecule has 5 rings (SSSR count). The lowest BCUT2D eigenvalue weighted by Gasteiger charge is -2.47. The molecule has 2 aliphatic rings. The molecule has 1 aromatic carbocycles.